The van der Waals surface area contributed by atoms with E-state index in [4.69, 9.17) is 0 Å². The molecule has 0 saturated heterocycles. The van der Waals surface area contributed by atoms with Crippen LogP contribution in [0.15, 0.2) is 29.2 Å². The van der Waals surface area contributed by atoms with Gasteiger partial charge in [0.1, 0.15) is 0 Å². The maximum atomic E-state index is 12.2. The normalized spacial score (nSPS) is 12.2. The Kier molecular flexibility index (Phi) is 5.30. The van der Waals surface area contributed by atoms with Crippen LogP contribution >= 0.6 is 0 Å². The molecule has 20 heavy (non-hydrogen) atoms. The van der Waals surface area contributed by atoms with Crippen LogP contribution in [-0.2, 0) is 14.6 Å². The molecule has 6 heteroatoms. The summed E-state index contributed by atoms with van der Waals surface area (Å²) < 4.78 is 24.0. The van der Waals surface area contributed by atoms with Crippen molar-refractivity contribution in [2.75, 3.05) is 17.6 Å². The second kappa shape index (κ2) is 6.37. The molecular formula is C14H22N2O3S. The third kappa shape index (κ3) is 3.80. The Morgan fingerprint density at radius 3 is 2.35 bits per heavy atom. The smallest absolute Gasteiger partial charge is 0.244 e. The van der Waals surface area contributed by atoms with Crippen molar-refractivity contribution in [3.63, 3.8) is 0 Å². The Bertz CT molecular complexity index is 580. The van der Waals surface area contributed by atoms with Gasteiger partial charge in [-0.25, -0.2) is 8.42 Å². The van der Waals surface area contributed by atoms with Crippen molar-refractivity contribution < 1.29 is 13.2 Å². The quantitative estimate of drug-likeness (QED) is 0.840. The monoisotopic (exact) mass is 298 g/mol. The van der Waals surface area contributed by atoms with E-state index in [0.29, 0.717) is 12.2 Å². The van der Waals surface area contributed by atoms with E-state index in [2.05, 4.69) is 10.6 Å². The summed E-state index contributed by atoms with van der Waals surface area (Å²) in [6.07, 6.45) is 0. The Balaban J connectivity index is 3.09. The molecule has 0 saturated carbocycles. The minimum Gasteiger partial charge on any atom is -0.323 e. The summed E-state index contributed by atoms with van der Waals surface area (Å²) >= 11 is 0. The van der Waals surface area contributed by atoms with Crippen molar-refractivity contribution in [2.45, 2.75) is 38.1 Å². The van der Waals surface area contributed by atoms with Gasteiger partial charge in [0.15, 0.2) is 9.84 Å². The van der Waals surface area contributed by atoms with Gasteiger partial charge in [-0.05, 0) is 32.5 Å². The highest BCUT2D eigenvalue weighted by atomic mass is 32.2. The zero-order valence-corrected chi connectivity index (χ0v) is 13.2. The van der Waals surface area contributed by atoms with Crippen LogP contribution in [0.2, 0.25) is 0 Å². The van der Waals surface area contributed by atoms with E-state index in [1.165, 1.54) is 6.07 Å². The third-order valence-electron chi connectivity index (χ3n) is 3.04. The SMILES string of the molecule is CCNC(C)(C)C(=O)Nc1ccccc1S(=O)(=O)CC. The molecule has 1 aromatic rings. The van der Waals surface area contributed by atoms with Gasteiger partial charge in [-0.15, -0.1) is 0 Å². The second-order valence-electron chi connectivity index (χ2n) is 5.01. The lowest BCUT2D eigenvalue weighted by Crippen LogP contribution is -2.49. The van der Waals surface area contributed by atoms with Gasteiger partial charge in [-0.1, -0.05) is 26.0 Å². The molecule has 0 aromatic heterocycles. The molecule has 1 amide bonds. The summed E-state index contributed by atoms with van der Waals surface area (Å²) in [7, 11) is -3.37. The molecule has 0 unspecified atom stereocenters. The lowest BCUT2D eigenvalue weighted by molar-refractivity contribution is -0.121. The zero-order chi connectivity index (χ0) is 15.4. The average molecular weight is 298 g/mol. The first-order valence-corrected chi connectivity index (χ1v) is 8.28. The molecule has 0 bridgehead atoms. The molecule has 0 aliphatic rings. The standard InChI is InChI=1S/C14H22N2O3S/c1-5-15-14(3,4)13(17)16-11-9-7-8-10-12(11)20(18,19)6-2/h7-10,15H,5-6H2,1-4H3,(H,16,17). The molecule has 0 fully saturated rings. The van der Waals surface area contributed by atoms with Gasteiger partial charge in [0.25, 0.3) is 0 Å². The Morgan fingerprint density at radius 1 is 1.20 bits per heavy atom. The van der Waals surface area contributed by atoms with Gasteiger partial charge < -0.3 is 10.6 Å². The van der Waals surface area contributed by atoms with E-state index < -0.39 is 15.4 Å². The van der Waals surface area contributed by atoms with Crippen molar-refractivity contribution in [3.8, 4) is 0 Å². The number of amides is 1. The fourth-order valence-electron chi connectivity index (χ4n) is 1.80. The fourth-order valence-corrected chi connectivity index (χ4v) is 2.85. The summed E-state index contributed by atoms with van der Waals surface area (Å²) in [6, 6.07) is 6.45. The topological polar surface area (TPSA) is 75.3 Å². The highest BCUT2D eigenvalue weighted by Gasteiger charge is 2.27. The molecule has 2 N–H and O–H groups in total. The van der Waals surface area contributed by atoms with Crippen LogP contribution in [0.5, 0.6) is 0 Å². The Morgan fingerprint density at radius 2 is 1.80 bits per heavy atom. The second-order valence-corrected chi connectivity index (χ2v) is 7.26. The van der Waals surface area contributed by atoms with Crippen LogP contribution < -0.4 is 10.6 Å². The molecule has 0 spiro atoms. The van der Waals surface area contributed by atoms with Crippen molar-refractivity contribution in [1.82, 2.24) is 5.32 Å². The van der Waals surface area contributed by atoms with Crippen LogP contribution in [0.4, 0.5) is 5.69 Å². The van der Waals surface area contributed by atoms with E-state index in [0.717, 1.165) is 0 Å². The minimum atomic E-state index is -3.37. The number of rotatable bonds is 6. The molecule has 1 aromatic carbocycles. The third-order valence-corrected chi connectivity index (χ3v) is 4.82. The van der Waals surface area contributed by atoms with Crippen molar-refractivity contribution in [2.24, 2.45) is 0 Å². The van der Waals surface area contributed by atoms with Crippen LogP contribution in [-0.4, -0.2) is 32.2 Å². The van der Waals surface area contributed by atoms with E-state index in [9.17, 15) is 13.2 Å². The largest absolute Gasteiger partial charge is 0.323 e. The molecule has 0 aliphatic heterocycles. The number of nitrogens with one attached hydrogen (secondary N) is 2. The fraction of sp³-hybridized carbons (Fsp3) is 0.500. The van der Waals surface area contributed by atoms with Gasteiger partial charge in [0.2, 0.25) is 5.91 Å². The first kappa shape index (κ1) is 16.7. The number of hydrogen-bond donors (Lipinski definition) is 2. The van der Waals surface area contributed by atoms with Gasteiger partial charge in [-0.3, -0.25) is 4.79 Å². The maximum absolute atomic E-state index is 12.2. The maximum Gasteiger partial charge on any atom is 0.244 e. The Hall–Kier alpha value is -1.40. The number of hydrogen-bond acceptors (Lipinski definition) is 4. The highest BCUT2D eigenvalue weighted by Crippen LogP contribution is 2.23. The van der Waals surface area contributed by atoms with Gasteiger partial charge >= 0.3 is 0 Å². The predicted octanol–water partition coefficient (Wildman–Crippen LogP) is 1.81. The number of para-hydroxylation sites is 1. The summed E-state index contributed by atoms with van der Waals surface area (Å²) in [5.74, 6) is -0.269. The lowest BCUT2D eigenvalue weighted by atomic mass is 10.0. The van der Waals surface area contributed by atoms with Crippen LogP contribution in [0.3, 0.4) is 0 Å². The summed E-state index contributed by atoms with van der Waals surface area (Å²) in [5.41, 5.74) is -0.442. The summed E-state index contributed by atoms with van der Waals surface area (Å²) in [6.45, 7) is 7.64. The Labute approximate surface area is 120 Å². The van der Waals surface area contributed by atoms with Crippen molar-refractivity contribution in [1.29, 1.82) is 0 Å². The molecule has 112 valence electrons. The molecular weight excluding hydrogens is 276 g/mol. The van der Waals surface area contributed by atoms with Crippen LogP contribution in [0.25, 0.3) is 0 Å². The van der Waals surface area contributed by atoms with Gasteiger partial charge in [0.05, 0.1) is 21.9 Å². The average Bonchev–Trinajstić information content (AvgIpc) is 2.39. The van der Waals surface area contributed by atoms with E-state index in [1.54, 1.807) is 39.0 Å². The number of benzene rings is 1. The van der Waals surface area contributed by atoms with E-state index in [-0.39, 0.29) is 16.6 Å². The molecule has 0 atom stereocenters. The number of anilines is 1. The number of carbonyl (C=O) groups excluding carboxylic acids is 1. The van der Waals surface area contributed by atoms with E-state index >= 15 is 0 Å². The molecule has 1 rings (SSSR count). The first-order valence-electron chi connectivity index (χ1n) is 6.63. The first-order chi connectivity index (χ1) is 9.24. The zero-order valence-electron chi connectivity index (χ0n) is 12.4. The van der Waals surface area contributed by atoms with Crippen LogP contribution in [0.1, 0.15) is 27.7 Å². The van der Waals surface area contributed by atoms with E-state index in [1.807, 2.05) is 6.92 Å². The minimum absolute atomic E-state index is 0.00349. The summed E-state index contributed by atoms with van der Waals surface area (Å²) in [4.78, 5) is 12.4. The van der Waals surface area contributed by atoms with Crippen LogP contribution in [0, 0.1) is 0 Å². The molecule has 0 radical (unpaired) electrons. The van der Waals surface area contributed by atoms with Crippen molar-refractivity contribution in [3.05, 3.63) is 24.3 Å². The lowest BCUT2D eigenvalue weighted by Gasteiger charge is -2.25. The van der Waals surface area contributed by atoms with Gasteiger partial charge in [-0.2, -0.15) is 0 Å². The summed E-state index contributed by atoms with van der Waals surface area (Å²) in [5, 5.41) is 5.75. The number of carbonyl (C=O) groups is 1. The molecule has 0 heterocycles. The predicted molar refractivity (Wildman–Crippen MR) is 80.6 cm³/mol. The molecule has 5 nitrogen and oxygen atoms in total. The number of sulfone groups is 1. The number of likely N-dealkylation sites (N-methyl/N-ethyl adjacent to an activating group) is 1. The molecule has 0 aliphatic carbocycles. The highest BCUT2D eigenvalue weighted by molar-refractivity contribution is 7.91. The van der Waals surface area contributed by atoms with Gasteiger partial charge in [0, 0.05) is 0 Å². The van der Waals surface area contributed by atoms with Crippen molar-refractivity contribution >= 4 is 21.4 Å².